The third-order valence-electron chi connectivity index (χ3n) is 6.26. The molecule has 0 spiro atoms. The number of aryl methyl sites for hydroxylation is 2. The van der Waals surface area contributed by atoms with Crippen molar-refractivity contribution in [3.05, 3.63) is 47.5 Å². The minimum absolute atomic E-state index is 0.121. The normalized spacial score (nSPS) is 11.7. The van der Waals surface area contributed by atoms with E-state index in [1.165, 1.54) is 60.4 Å². The summed E-state index contributed by atoms with van der Waals surface area (Å²) in [6.07, 6.45) is 11.2. The molecular formula is C27H41NO3. The first-order chi connectivity index (χ1) is 15.1. The number of unbranched alkanes of at least 4 members (excludes halogenated alkanes) is 5. The number of carbonyl (C=O) groups excluding carboxylic acids is 1. The van der Waals surface area contributed by atoms with Crippen molar-refractivity contribution < 1.29 is 15.0 Å². The number of hydrogen-bond acceptors (Lipinski definition) is 3. The van der Waals surface area contributed by atoms with E-state index >= 15 is 0 Å². The summed E-state index contributed by atoms with van der Waals surface area (Å²) in [6.45, 7) is 3.65. The standard InChI is InChI=1S/C27H41NO3/c1-3-5-6-7-8-9-13-22-16-17-23(25-15-11-10-14-24(22)25)18-19-27(20-29,21-30)28-26(31)12-4-2/h10-11,14-17,29-30H,3-9,12-13,18-21H2,1-2H3,(H,28,31). The van der Waals surface area contributed by atoms with E-state index in [1.54, 1.807) is 0 Å². The highest BCUT2D eigenvalue weighted by Crippen LogP contribution is 2.27. The van der Waals surface area contributed by atoms with Gasteiger partial charge in [0.25, 0.3) is 0 Å². The summed E-state index contributed by atoms with van der Waals surface area (Å²) >= 11 is 0. The predicted octanol–water partition coefficient (Wildman–Crippen LogP) is 5.32. The summed E-state index contributed by atoms with van der Waals surface area (Å²) in [4.78, 5) is 12.1. The molecule has 31 heavy (non-hydrogen) atoms. The second kappa shape index (κ2) is 13.5. The maximum atomic E-state index is 12.1. The number of hydrogen-bond donors (Lipinski definition) is 3. The number of nitrogens with one attached hydrogen (secondary N) is 1. The van der Waals surface area contributed by atoms with Crippen molar-refractivity contribution in [2.24, 2.45) is 0 Å². The fourth-order valence-corrected chi connectivity index (χ4v) is 4.26. The monoisotopic (exact) mass is 427 g/mol. The lowest BCUT2D eigenvalue weighted by atomic mass is 9.89. The number of benzene rings is 2. The van der Waals surface area contributed by atoms with Gasteiger partial charge in [0.05, 0.1) is 18.8 Å². The quantitative estimate of drug-likeness (QED) is 0.337. The summed E-state index contributed by atoms with van der Waals surface area (Å²) in [6, 6.07) is 12.9. The fraction of sp³-hybridized carbons (Fsp3) is 0.593. The van der Waals surface area contributed by atoms with Gasteiger partial charge in [-0.2, -0.15) is 0 Å². The van der Waals surface area contributed by atoms with Crippen LogP contribution in [0.1, 0.15) is 82.8 Å². The fourth-order valence-electron chi connectivity index (χ4n) is 4.26. The van der Waals surface area contributed by atoms with Gasteiger partial charge in [-0.15, -0.1) is 0 Å². The second-order valence-electron chi connectivity index (χ2n) is 8.84. The first-order valence-corrected chi connectivity index (χ1v) is 12.1. The van der Waals surface area contributed by atoms with Crippen molar-refractivity contribution in [3.63, 3.8) is 0 Å². The third kappa shape index (κ3) is 7.62. The van der Waals surface area contributed by atoms with E-state index in [0.29, 0.717) is 19.3 Å². The zero-order valence-electron chi connectivity index (χ0n) is 19.5. The minimum Gasteiger partial charge on any atom is -0.394 e. The smallest absolute Gasteiger partial charge is 0.220 e. The third-order valence-corrected chi connectivity index (χ3v) is 6.26. The molecule has 1 amide bonds. The van der Waals surface area contributed by atoms with Gasteiger partial charge in [-0.3, -0.25) is 4.79 Å². The Kier molecular flexibility index (Phi) is 11.0. The molecule has 0 saturated carbocycles. The van der Waals surface area contributed by atoms with Crippen molar-refractivity contribution in [3.8, 4) is 0 Å². The van der Waals surface area contributed by atoms with Crippen molar-refractivity contribution >= 4 is 16.7 Å². The van der Waals surface area contributed by atoms with Gasteiger partial charge in [-0.05, 0) is 54.0 Å². The van der Waals surface area contributed by atoms with E-state index < -0.39 is 5.54 Å². The van der Waals surface area contributed by atoms with E-state index in [2.05, 4.69) is 48.6 Å². The zero-order chi connectivity index (χ0) is 22.5. The maximum Gasteiger partial charge on any atom is 0.220 e. The number of amides is 1. The predicted molar refractivity (Wildman–Crippen MR) is 129 cm³/mol. The van der Waals surface area contributed by atoms with E-state index in [-0.39, 0.29) is 19.1 Å². The molecule has 3 N–H and O–H groups in total. The molecule has 0 saturated heterocycles. The van der Waals surface area contributed by atoms with Crippen LogP contribution in [0.15, 0.2) is 36.4 Å². The van der Waals surface area contributed by atoms with Crippen LogP contribution in [0.5, 0.6) is 0 Å². The Balaban J connectivity index is 2.09. The van der Waals surface area contributed by atoms with Crippen LogP contribution in [-0.2, 0) is 17.6 Å². The topological polar surface area (TPSA) is 69.6 Å². The van der Waals surface area contributed by atoms with Gasteiger partial charge in [-0.25, -0.2) is 0 Å². The Morgan fingerprint density at radius 2 is 1.39 bits per heavy atom. The van der Waals surface area contributed by atoms with Gasteiger partial charge in [-0.1, -0.05) is 82.3 Å². The lowest BCUT2D eigenvalue weighted by molar-refractivity contribution is -0.124. The summed E-state index contributed by atoms with van der Waals surface area (Å²) in [5, 5.41) is 25.3. The molecule has 0 fully saturated rings. The number of fused-ring (bicyclic) bond motifs is 1. The molecule has 0 aliphatic carbocycles. The largest absolute Gasteiger partial charge is 0.394 e. The average Bonchev–Trinajstić information content (AvgIpc) is 2.79. The number of rotatable bonds is 15. The highest BCUT2D eigenvalue weighted by Gasteiger charge is 2.30. The molecule has 0 heterocycles. The summed E-state index contributed by atoms with van der Waals surface area (Å²) in [7, 11) is 0. The van der Waals surface area contributed by atoms with E-state index in [1.807, 2.05) is 6.92 Å². The van der Waals surface area contributed by atoms with Crippen LogP contribution in [0.25, 0.3) is 10.8 Å². The summed E-state index contributed by atoms with van der Waals surface area (Å²) in [5.74, 6) is -0.121. The molecule has 2 aromatic rings. The molecule has 2 aromatic carbocycles. The molecule has 172 valence electrons. The second-order valence-corrected chi connectivity index (χ2v) is 8.84. The summed E-state index contributed by atoms with van der Waals surface area (Å²) < 4.78 is 0. The van der Waals surface area contributed by atoms with Crippen LogP contribution in [-0.4, -0.2) is 34.9 Å². The van der Waals surface area contributed by atoms with Crippen molar-refractivity contribution in [2.45, 2.75) is 90.0 Å². The molecular weight excluding hydrogens is 386 g/mol. The van der Waals surface area contributed by atoms with Gasteiger partial charge >= 0.3 is 0 Å². The minimum atomic E-state index is -0.982. The van der Waals surface area contributed by atoms with Gasteiger partial charge < -0.3 is 15.5 Å². The molecule has 0 atom stereocenters. The van der Waals surface area contributed by atoms with Gasteiger partial charge in [0.1, 0.15) is 0 Å². The molecule has 0 bridgehead atoms. The molecule has 0 unspecified atom stereocenters. The van der Waals surface area contributed by atoms with E-state index in [0.717, 1.165) is 12.8 Å². The molecule has 0 aliphatic rings. The number of carbonyl (C=O) groups is 1. The van der Waals surface area contributed by atoms with Crippen molar-refractivity contribution in [2.75, 3.05) is 13.2 Å². The molecule has 0 radical (unpaired) electrons. The Morgan fingerprint density at radius 1 is 0.806 bits per heavy atom. The van der Waals surface area contributed by atoms with Crippen molar-refractivity contribution in [1.82, 2.24) is 5.32 Å². The first kappa shape index (κ1) is 25.4. The highest BCUT2D eigenvalue weighted by atomic mass is 16.3. The lowest BCUT2D eigenvalue weighted by Gasteiger charge is -2.31. The first-order valence-electron chi connectivity index (χ1n) is 12.1. The Morgan fingerprint density at radius 3 is 1.97 bits per heavy atom. The molecule has 4 heteroatoms. The van der Waals surface area contributed by atoms with E-state index in [9.17, 15) is 15.0 Å². The summed E-state index contributed by atoms with van der Waals surface area (Å²) in [5.41, 5.74) is 1.60. The molecule has 0 aromatic heterocycles. The Labute approximate surface area is 188 Å². The molecule has 0 aliphatic heterocycles. The van der Waals surface area contributed by atoms with Crippen LogP contribution in [0, 0.1) is 0 Å². The van der Waals surface area contributed by atoms with E-state index in [4.69, 9.17) is 0 Å². The SMILES string of the molecule is CCCCCCCCc1ccc(CCC(CO)(CO)NC(=O)CCC)c2ccccc12. The molecule has 2 rings (SSSR count). The number of aliphatic hydroxyl groups is 2. The highest BCUT2D eigenvalue weighted by molar-refractivity contribution is 5.88. The van der Waals surface area contributed by atoms with Crippen LogP contribution >= 0.6 is 0 Å². The molecule has 4 nitrogen and oxygen atoms in total. The average molecular weight is 428 g/mol. The number of aliphatic hydroxyl groups excluding tert-OH is 2. The van der Waals surface area contributed by atoms with Crippen LogP contribution in [0.2, 0.25) is 0 Å². The maximum absolute atomic E-state index is 12.1. The Hall–Kier alpha value is -1.91. The van der Waals surface area contributed by atoms with Gasteiger partial charge in [0.15, 0.2) is 0 Å². The van der Waals surface area contributed by atoms with Crippen LogP contribution in [0.3, 0.4) is 0 Å². The van der Waals surface area contributed by atoms with Crippen molar-refractivity contribution in [1.29, 1.82) is 0 Å². The zero-order valence-corrected chi connectivity index (χ0v) is 19.5. The van der Waals surface area contributed by atoms with Crippen LogP contribution < -0.4 is 5.32 Å². The van der Waals surface area contributed by atoms with Gasteiger partial charge in [0, 0.05) is 6.42 Å². The van der Waals surface area contributed by atoms with Crippen LogP contribution in [0.4, 0.5) is 0 Å². The van der Waals surface area contributed by atoms with Gasteiger partial charge in [0.2, 0.25) is 5.91 Å². The Bertz CT molecular complexity index is 798. The lowest BCUT2D eigenvalue weighted by Crippen LogP contribution is -2.54.